The van der Waals surface area contributed by atoms with E-state index >= 15 is 0 Å². The van der Waals surface area contributed by atoms with Crippen molar-refractivity contribution < 1.29 is 19.4 Å². The quantitative estimate of drug-likeness (QED) is 0.666. The van der Waals surface area contributed by atoms with Crippen LogP contribution in [0.2, 0.25) is 0 Å². The van der Waals surface area contributed by atoms with Gasteiger partial charge in [0.25, 0.3) is 0 Å². The first-order valence-electron chi connectivity index (χ1n) is 6.45. The van der Waals surface area contributed by atoms with E-state index in [1.54, 1.807) is 13.8 Å². The lowest BCUT2D eigenvalue weighted by Crippen LogP contribution is -2.57. The van der Waals surface area contributed by atoms with Gasteiger partial charge in [-0.25, -0.2) is 9.59 Å². The molecule has 0 radical (unpaired) electrons. The molecule has 3 N–H and O–H groups in total. The van der Waals surface area contributed by atoms with Gasteiger partial charge in [0, 0.05) is 13.2 Å². The van der Waals surface area contributed by atoms with Crippen molar-refractivity contribution in [3.63, 3.8) is 0 Å². The number of urea groups is 1. The molecule has 0 saturated carbocycles. The van der Waals surface area contributed by atoms with Crippen molar-refractivity contribution in [1.29, 1.82) is 0 Å². The Kier molecular flexibility index (Phi) is 5.40. The Hall–Kier alpha value is -1.30. The van der Waals surface area contributed by atoms with E-state index in [9.17, 15) is 14.7 Å². The zero-order valence-electron chi connectivity index (χ0n) is 11.0. The van der Waals surface area contributed by atoms with Gasteiger partial charge in [0.2, 0.25) is 0 Å². The van der Waals surface area contributed by atoms with Crippen LogP contribution < -0.4 is 10.6 Å². The van der Waals surface area contributed by atoms with E-state index in [1.807, 2.05) is 0 Å². The van der Waals surface area contributed by atoms with Crippen LogP contribution in [0, 0.1) is 0 Å². The molecule has 0 aromatic heterocycles. The van der Waals surface area contributed by atoms with Crippen LogP contribution in [0.4, 0.5) is 4.79 Å². The minimum Gasteiger partial charge on any atom is -0.480 e. The van der Waals surface area contributed by atoms with Crippen LogP contribution in [0.25, 0.3) is 0 Å². The minimum atomic E-state index is -1.18. The van der Waals surface area contributed by atoms with Crippen molar-refractivity contribution >= 4 is 12.0 Å². The van der Waals surface area contributed by atoms with Crippen LogP contribution in [0.1, 0.15) is 39.5 Å². The minimum absolute atomic E-state index is 0.0539. The van der Waals surface area contributed by atoms with Gasteiger partial charge in [-0.3, -0.25) is 0 Å². The zero-order chi connectivity index (χ0) is 13.6. The van der Waals surface area contributed by atoms with Crippen molar-refractivity contribution in [3.05, 3.63) is 0 Å². The van der Waals surface area contributed by atoms with Gasteiger partial charge in [-0.05, 0) is 25.7 Å². The molecule has 1 heterocycles. The molecule has 18 heavy (non-hydrogen) atoms. The second kappa shape index (κ2) is 6.58. The summed E-state index contributed by atoms with van der Waals surface area (Å²) in [5, 5.41) is 14.4. The van der Waals surface area contributed by atoms with Crippen LogP contribution >= 0.6 is 0 Å². The van der Waals surface area contributed by atoms with Crippen LogP contribution in [-0.4, -0.2) is 41.9 Å². The molecule has 1 aliphatic rings. The van der Waals surface area contributed by atoms with Gasteiger partial charge < -0.3 is 20.5 Å². The van der Waals surface area contributed by atoms with Crippen molar-refractivity contribution in [2.24, 2.45) is 0 Å². The average Bonchev–Trinajstić information content (AvgIpc) is 2.86. The lowest BCUT2D eigenvalue weighted by atomic mass is 9.93. The Morgan fingerprint density at radius 2 is 2.06 bits per heavy atom. The molecule has 6 heteroatoms. The third-order valence-electron chi connectivity index (χ3n) is 3.48. The Balaban J connectivity index is 2.43. The highest BCUT2D eigenvalue weighted by atomic mass is 16.5. The number of hydrogen-bond acceptors (Lipinski definition) is 3. The molecule has 104 valence electrons. The topological polar surface area (TPSA) is 87.7 Å². The molecular weight excluding hydrogens is 236 g/mol. The molecule has 6 nitrogen and oxygen atoms in total. The summed E-state index contributed by atoms with van der Waals surface area (Å²) in [7, 11) is 0. The van der Waals surface area contributed by atoms with E-state index in [0.29, 0.717) is 19.4 Å². The summed E-state index contributed by atoms with van der Waals surface area (Å²) in [5.41, 5.74) is -1.18. The Bertz CT molecular complexity index is 296. The number of hydrogen-bond donors (Lipinski definition) is 3. The molecule has 1 unspecified atom stereocenters. The largest absolute Gasteiger partial charge is 0.480 e. The fraction of sp³-hybridized carbons (Fsp3) is 0.833. The van der Waals surface area contributed by atoms with Gasteiger partial charge in [-0.15, -0.1) is 0 Å². The number of carbonyl (C=O) groups excluding carboxylic acids is 1. The first-order valence-corrected chi connectivity index (χ1v) is 6.45. The highest BCUT2D eigenvalue weighted by Gasteiger charge is 2.36. The Morgan fingerprint density at radius 3 is 2.50 bits per heavy atom. The number of aliphatic carboxylic acids is 1. The smallest absolute Gasteiger partial charge is 0.329 e. The predicted molar refractivity (Wildman–Crippen MR) is 66.5 cm³/mol. The molecule has 0 aliphatic carbocycles. The van der Waals surface area contributed by atoms with Crippen LogP contribution in [0.5, 0.6) is 0 Å². The molecule has 0 aromatic carbocycles. The van der Waals surface area contributed by atoms with Gasteiger partial charge in [0.15, 0.2) is 0 Å². The maximum atomic E-state index is 11.7. The first kappa shape index (κ1) is 14.8. The van der Waals surface area contributed by atoms with Crippen LogP contribution in [0.3, 0.4) is 0 Å². The fourth-order valence-electron chi connectivity index (χ4n) is 2.06. The molecular formula is C12H22N2O4. The SMILES string of the molecule is CCC(CC)(NC(=O)NCC1CCCO1)C(=O)O. The van der Waals surface area contributed by atoms with E-state index in [0.717, 1.165) is 19.4 Å². The molecule has 0 aromatic rings. The lowest BCUT2D eigenvalue weighted by molar-refractivity contribution is -0.144. The second-order valence-corrected chi connectivity index (χ2v) is 4.56. The number of carboxylic acids is 1. The van der Waals surface area contributed by atoms with Gasteiger partial charge in [0.05, 0.1) is 6.10 Å². The fourth-order valence-corrected chi connectivity index (χ4v) is 2.06. The third kappa shape index (κ3) is 3.60. The van der Waals surface area contributed by atoms with E-state index in [2.05, 4.69) is 10.6 Å². The number of ether oxygens (including phenoxy) is 1. The standard InChI is InChI=1S/C12H22N2O4/c1-3-12(4-2,10(15)16)14-11(17)13-8-9-6-5-7-18-9/h9H,3-8H2,1-2H3,(H,15,16)(H2,13,14,17). The van der Waals surface area contributed by atoms with Crippen molar-refractivity contribution in [2.75, 3.05) is 13.2 Å². The molecule has 0 spiro atoms. The van der Waals surface area contributed by atoms with E-state index in [1.165, 1.54) is 0 Å². The van der Waals surface area contributed by atoms with E-state index in [4.69, 9.17) is 4.74 Å². The summed E-state index contributed by atoms with van der Waals surface area (Å²) in [6.07, 6.45) is 2.71. The summed E-state index contributed by atoms with van der Waals surface area (Å²) in [4.78, 5) is 22.9. The van der Waals surface area contributed by atoms with Crippen molar-refractivity contribution in [3.8, 4) is 0 Å². The van der Waals surface area contributed by atoms with E-state index in [-0.39, 0.29) is 6.10 Å². The average molecular weight is 258 g/mol. The second-order valence-electron chi connectivity index (χ2n) is 4.56. The normalized spacial score (nSPS) is 19.6. The molecule has 0 bridgehead atoms. The third-order valence-corrected chi connectivity index (χ3v) is 3.48. The number of amides is 2. The molecule has 1 fully saturated rings. The van der Waals surface area contributed by atoms with Gasteiger partial charge >= 0.3 is 12.0 Å². The molecule has 1 rings (SSSR count). The monoisotopic (exact) mass is 258 g/mol. The van der Waals surface area contributed by atoms with Crippen LogP contribution in [0.15, 0.2) is 0 Å². The first-order chi connectivity index (χ1) is 8.54. The van der Waals surface area contributed by atoms with Crippen molar-refractivity contribution in [2.45, 2.75) is 51.2 Å². The zero-order valence-corrected chi connectivity index (χ0v) is 11.0. The maximum Gasteiger partial charge on any atom is 0.329 e. The summed E-state index contributed by atoms with van der Waals surface area (Å²) in [6.45, 7) is 4.65. The van der Waals surface area contributed by atoms with Crippen LogP contribution in [-0.2, 0) is 9.53 Å². The lowest BCUT2D eigenvalue weighted by Gasteiger charge is -2.28. The Morgan fingerprint density at radius 1 is 1.39 bits per heavy atom. The van der Waals surface area contributed by atoms with Gasteiger partial charge in [0.1, 0.15) is 5.54 Å². The molecule has 1 saturated heterocycles. The highest BCUT2D eigenvalue weighted by Crippen LogP contribution is 2.15. The number of nitrogens with one attached hydrogen (secondary N) is 2. The molecule has 1 atom stereocenters. The number of rotatable bonds is 6. The summed E-state index contributed by atoms with van der Waals surface area (Å²) in [6, 6.07) is -0.448. The van der Waals surface area contributed by atoms with Gasteiger partial charge in [-0.1, -0.05) is 13.8 Å². The highest BCUT2D eigenvalue weighted by molar-refractivity contribution is 5.86. The van der Waals surface area contributed by atoms with Gasteiger partial charge in [-0.2, -0.15) is 0 Å². The van der Waals surface area contributed by atoms with Crippen molar-refractivity contribution in [1.82, 2.24) is 10.6 Å². The summed E-state index contributed by atoms with van der Waals surface area (Å²) >= 11 is 0. The summed E-state index contributed by atoms with van der Waals surface area (Å²) < 4.78 is 5.37. The summed E-state index contributed by atoms with van der Waals surface area (Å²) in [5.74, 6) is -1.00. The Labute approximate surface area is 107 Å². The molecule has 2 amide bonds. The molecule has 1 aliphatic heterocycles. The number of carbonyl (C=O) groups is 2. The predicted octanol–water partition coefficient (Wildman–Crippen LogP) is 1.11. The van der Waals surface area contributed by atoms with E-state index < -0.39 is 17.5 Å². The maximum absolute atomic E-state index is 11.7. The number of carboxylic acid groups (broad SMARTS) is 1.